The highest BCUT2D eigenvalue weighted by molar-refractivity contribution is 5.20. The van der Waals surface area contributed by atoms with E-state index in [2.05, 4.69) is 21.7 Å². The molecule has 5 nitrogen and oxygen atoms in total. The number of hydrogen-bond acceptors (Lipinski definition) is 3. The van der Waals surface area contributed by atoms with E-state index in [9.17, 15) is 4.79 Å². The lowest BCUT2D eigenvalue weighted by molar-refractivity contribution is 0.106. The Labute approximate surface area is 100 Å². The quantitative estimate of drug-likeness (QED) is 0.774. The van der Waals surface area contributed by atoms with Gasteiger partial charge in [-0.3, -0.25) is 14.6 Å². The molecule has 3 rings (SSSR count). The molecule has 0 aliphatic carbocycles. The van der Waals surface area contributed by atoms with Crippen LogP contribution in [0.1, 0.15) is 30.1 Å². The van der Waals surface area contributed by atoms with E-state index in [0.717, 1.165) is 44.5 Å². The van der Waals surface area contributed by atoms with E-state index in [1.165, 1.54) is 5.69 Å². The van der Waals surface area contributed by atoms with Crippen LogP contribution in [-0.4, -0.2) is 41.4 Å². The molecule has 0 aromatic carbocycles. The molecule has 17 heavy (non-hydrogen) atoms. The first kappa shape index (κ1) is 11.0. The van der Waals surface area contributed by atoms with Crippen LogP contribution in [0.4, 0.5) is 0 Å². The molecule has 94 valence electrons. The molecule has 1 N–H and O–H groups in total. The Morgan fingerprint density at radius 1 is 1.35 bits per heavy atom. The van der Waals surface area contributed by atoms with Crippen molar-refractivity contribution in [3.05, 3.63) is 21.6 Å². The molecule has 5 heteroatoms. The van der Waals surface area contributed by atoms with Gasteiger partial charge in [-0.15, -0.1) is 0 Å². The van der Waals surface area contributed by atoms with E-state index in [-0.39, 0.29) is 5.56 Å². The van der Waals surface area contributed by atoms with Gasteiger partial charge in [0.2, 0.25) is 0 Å². The molecule has 0 unspecified atom stereocenters. The molecule has 0 atom stereocenters. The van der Waals surface area contributed by atoms with Crippen LogP contribution in [0.3, 0.4) is 0 Å². The van der Waals surface area contributed by atoms with Crippen molar-refractivity contribution < 1.29 is 4.74 Å². The summed E-state index contributed by atoms with van der Waals surface area (Å²) in [5.41, 5.74) is 2.06. The minimum atomic E-state index is 0.0404. The van der Waals surface area contributed by atoms with E-state index in [1.807, 2.05) is 0 Å². The summed E-state index contributed by atoms with van der Waals surface area (Å²) >= 11 is 0. The number of H-pyrrole nitrogens is 1. The molecule has 0 radical (unpaired) electrons. The van der Waals surface area contributed by atoms with Gasteiger partial charge in [-0.25, -0.2) is 0 Å². The third-order valence-electron chi connectivity index (χ3n) is 3.92. The molecule has 0 saturated carbocycles. The number of aromatic nitrogens is 2. The van der Waals surface area contributed by atoms with Crippen molar-refractivity contribution in [1.29, 1.82) is 0 Å². The lowest BCUT2D eigenvalue weighted by Gasteiger charge is -2.31. The fraction of sp³-hybridized carbons (Fsp3) is 0.750. The van der Waals surface area contributed by atoms with Gasteiger partial charge in [0.05, 0.1) is 24.8 Å². The zero-order chi connectivity index (χ0) is 11.8. The highest BCUT2D eigenvalue weighted by Gasteiger charge is 2.25. The van der Waals surface area contributed by atoms with Gasteiger partial charge in [0, 0.05) is 12.1 Å². The Balaban J connectivity index is 1.90. The molecule has 0 amide bonds. The third-order valence-corrected chi connectivity index (χ3v) is 3.92. The van der Waals surface area contributed by atoms with Crippen molar-refractivity contribution in [3.63, 3.8) is 0 Å². The summed E-state index contributed by atoms with van der Waals surface area (Å²) in [7, 11) is 2.15. The first-order valence-electron chi connectivity index (χ1n) is 6.34. The lowest BCUT2D eigenvalue weighted by atomic mass is 10.0. The second kappa shape index (κ2) is 4.31. The summed E-state index contributed by atoms with van der Waals surface area (Å²) in [6.07, 6.45) is 3.10. The molecule has 0 bridgehead atoms. The van der Waals surface area contributed by atoms with Crippen molar-refractivity contribution in [1.82, 2.24) is 14.7 Å². The van der Waals surface area contributed by atoms with Crippen molar-refractivity contribution in [3.8, 4) is 0 Å². The second-order valence-electron chi connectivity index (χ2n) is 5.07. The van der Waals surface area contributed by atoms with Gasteiger partial charge in [-0.05, 0) is 33.0 Å². The number of fused-ring (bicyclic) bond motifs is 1. The summed E-state index contributed by atoms with van der Waals surface area (Å²) in [5, 5.41) is 3.00. The molecule has 1 fully saturated rings. The molecule has 2 aliphatic rings. The zero-order valence-corrected chi connectivity index (χ0v) is 10.2. The molecule has 0 spiro atoms. The van der Waals surface area contributed by atoms with Gasteiger partial charge in [0.25, 0.3) is 5.56 Å². The van der Waals surface area contributed by atoms with E-state index in [0.29, 0.717) is 12.6 Å². The Morgan fingerprint density at radius 3 is 2.88 bits per heavy atom. The number of aromatic amines is 1. The number of nitrogens with one attached hydrogen (secondary N) is 1. The van der Waals surface area contributed by atoms with Crippen LogP contribution in [0.25, 0.3) is 0 Å². The van der Waals surface area contributed by atoms with Crippen LogP contribution < -0.4 is 5.56 Å². The van der Waals surface area contributed by atoms with Gasteiger partial charge < -0.3 is 9.64 Å². The smallest absolute Gasteiger partial charge is 0.269 e. The molecule has 1 aromatic heterocycles. The van der Waals surface area contributed by atoms with E-state index in [4.69, 9.17) is 4.74 Å². The Hall–Kier alpha value is -1.07. The van der Waals surface area contributed by atoms with Crippen molar-refractivity contribution in [2.75, 3.05) is 26.7 Å². The normalized spacial score (nSPS) is 22.6. The minimum absolute atomic E-state index is 0.0404. The van der Waals surface area contributed by atoms with Crippen molar-refractivity contribution in [2.24, 2.45) is 0 Å². The van der Waals surface area contributed by atoms with Gasteiger partial charge in [-0.1, -0.05) is 0 Å². The Kier molecular flexibility index (Phi) is 2.80. The van der Waals surface area contributed by atoms with E-state index >= 15 is 0 Å². The van der Waals surface area contributed by atoms with Crippen LogP contribution in [0.15, 0.2) is 4.79 Å². The molecule has 3 heterocycles. The molecule has 2 aliphatic heterocycles. The van der Waals surface area contributed by atoms with Gasteiger partial charge >= 0.3 is 0 Å². The molecular formula is C12H19N3O2. The van der Waals surface area contributed by atoms with Crippen LogP contribution in [0.5, 0.6) is 0 Å². The topological polar surface area (TPSA) is 50.3 Å². The van der Waals surface area contributed by atoms with E-state index in [1.54, 1.807) is 0 Å². The molecule has 1 aromatic rings. The fourth-order valence-corrected chi connectivity index (χ4v) is 2.85. The first-order valence-corrected chi connectivity index (χ1v) is 6.34. The van der Waals surface area contributed by atoms with Gasteiger partial charge in [0.15, 0.2) is 0 Å². The number of likely N-dealkylation sites (tertiary alicyclic amines) is 1. The summed E-state index contributed by atoms with van der Waals surface area (Å²) in [4.78, 5) is 14.2. The van der Waals surface area contributed by atoms with Crippen molar-refractivity contribution >= 4 is 0 Å². The average Bonchev–Trinajstić information content (AvgIpc) is 2.69. The maximum absolute atomic E-state index is 11.8. The second-order valence-corrected chi connectivity index (χ2v) is 5.07. The van der Waals surface area contributed by atoms with Gasteiger partial charge in [-0.2, -0.15) is 0 Å². The van der Waals surface area contributed by atoms with Crippen LogP contribution in [0, 0.1) is 0 Å². The summed E-state index contributed by atoms with van der Waals surface area (Å²) in [6.45, 7) is 3.42. The van der Waals surface area contributed by atoms with Crippen LogP contribution >= 0.6 is 0 Å². The van der Waals surface area contributed by atoms with Crippen LogP contribution in [0.2, 0.25) is 0 Å². The monoisotopic (exact) mass is 237 g/mol. The summed E-state index contributed by atoms with van der Waals surface area (Å²) in [5.74, 6) is 0. The first-order chi connectivity index (χ1) is 8.25. The number of ether oxygens (including phenoxy) is 1. The van der Waals surface area contributed by atoms with Crippen LogP contribution in [-0.2, 0) is 17.8 Å². The highest BCUT2D eigenvalue weighted by Crippen LogP contribution is 2.24. The number of nitrogens with zero attached hydrogens (tertiary/aromatic N) is 2. The van der Waals surface area contributed by atoms with Gasteiger partial charge in [0.1, 0.15) is 0 Å². The zero-order valence-electron chi connectivity index (χ0n) is 10.2. The predicted molar refractivity (Wildman–Crippen MR) is 64.2 cm³/mol. The van der Waals surface area contributed by atoms with E-state index < -0.39 is 0 Å². The number of hydrogen-bond donors (Lipinski definition) is 1. The highest BCUT2D eigenvalue weighted by atomic mass is 16.5. The summed E-state index contributed by atoms with van der Waals surface area (Å²) < 4.78 is 7.47. The minimum Gasteiger partial charge on any atom is -0.376 e. The SMILES string of the molecule is CN1CCC(n2[nH]c(=O)c3c2CCOC3)CC1. The maximum atomic E-state index is 11.8. The average molecular weight is 237 g/mol. The van der Waals surface area contributed by atoms with Crippen molar-refractivity contribution in [2.45, 2.75) is 31.9 Å². The maximum Gasteiger partial charge on any atom is 0.269 e. The Morgan fingerprint density at radius 2 is 2.12 bits per heavy atom. The Bertz CT molecular complexity index is 455. The summed E-state index contributed by atoms with van der Waals surface area (Å²) in [6, 6.07) is 0.459. The predicted octanol–water partition coefficient (Wildman–Crippen LogP) is 0.516. The molecule has 1 saturated heterocycles. The fourth-order valence-electron chi connectivity index (χ4n) is 2.85. The standard InChI is InChI=1S/C12H19N3O2/c1-14-5-2-9(3-6-14)15-11-4-7-17-8-10(11)12(16)13-15/h9H,2-8H2,1H3,(H,13,16). The molecular weight excluding hydrogens is 218 g/mol. The third kappa shape index (κ3) is 1.93. The number of rotatable bonds is 1. The lowest BCUT2D eigenvalue weighted by Crippen LogP contribution is -2.33. The number of piperidine rings is 1. The largest absolute Gasteiger partial charge is 0.376 e.